The summed E-state index contributed by atoms with van der Waals surface area (Å²) in [5, 5.41) is 11.6. The minimum atomic E-state index is -1.03. The SMILES string of the molecule is Cc1oc(C(=O)N[C@H](CC(C)C)C(=O)O)c(C)c1C. The third-order valence-electron chi connectivity index (χ3n) is 3.20. The van der Waals surface area contributed by atoms with Gasteiger partial charge in [-0.1, -0.05) is 13.8 Å². The lowest BCUT2D eigenvalue weighted by atomic mass is 10.0. The molecule has 0 saturated heterocycles. The van der Waals surface area contributed by atoms with Gasteiger partial charge >= 0.3 is 5.97 Å². The van der Waals surface area contributed by atoms with Crippen molar-refractivity contribution in [2.45, 2.75) is 47.1 Å². The van der Waals surface area contributed by atoms with Crippen LogP contribution < -0.4 is 5.32 Å². The number of carbonyl (C=O) groups is 2. The molecule has 1 amide bonds. The molecule has 106 valence electrons. The van der Waals surface area contributed by atoms with Crippen LogP contribution >= 0.6 is 0 Å². The number of carboxylic acids is 1. The van der Waals surface area contributed by atoms with E-state index in [-0.39, 0.29) is 11.7 Å². The molecular weight excluding hydrogens is 246 g/mol. The molecular formula is C14H21NO4. The van der Waals surface area contributed by atoms with Crippen molar-refractivity contribution in [3.63, 3.8) is 0 Å². The van der Waals surface area contributed by atoms with E-state index in [1.54, 1.807) is 13.8 Å². The van der Waals surface area contributed by atoms with Crippen LogP contribution in [0.5, 0.6) is 0 Å². The van der Waals surface area contributed by atoms with Gasteiger partial charge in [0.25, 0.3) is 5.91 Å². The zero-order valence-corrected chi connectivity index (χ0v) is 12.0. The maximum absolute atomic E-state index is 12.1. The van der Waals surface area contributed by atoms with Gasteiger partial charge in [-0.15, -0.1) is 0 Å². The van der Waals surface area contributed by atoms with Gasteiger partial charge in [0, 0.05) is 5.56 Å². The Labute approximate surface area is 113 Å². The summed E-state index contributed by atoms with van der Waals surface area (Å²) in [7, 11) is 0. The summed E-state index contributed by atoms with van der Waals surface area (Å²) >= 11 is 0. The molecule has 0 radical (unpaired) electrons. The molecule has 0 aliphatic rings. The highest BCUT2D eigenvalue weighted by Crippen LogP contribution is 2.20. The summed E-state index contributed by atoms with van der Waals surface area (Å²) < 4.78 is 5.39. The molecule has 0 aromatic carbocycles. The second-order valence-corrected chi connectivity index (χ2v) is 5.23. The maximum atomic E-state index is 12.1. The Morgan fingerprint density at radius 1 is 1.21 bits per heavy atom. The smallest absolute Gasteiger partial charge is 0.326 e. The van der Waals surface area contributed by atoms with Crippen LogP contribution in [0.3, 0.4) is 0 Å². The minimum Gasteiger partial charge on any atom is -0.480 e. The Hall–Kier alpha value is -1.78. The van der Waals surface area contributed by atoms with Gasteiger partial charge in [-0.3, -0.25) is 4.79 Å². The lowest BCUT2D eigenvalue weighted by Crippen LogP contribution is -2.41. The molecule has 0 saturated carbocycles. The first kappa shape index (κ1) is 15.3. The summed E-state index contributed by atoms with van der Waals surface area (Å²) in [4.78, 5) is 23.2. The maximum Gasteiger partial charge on any atom is 0.326 e. The number of aryl methyl sites for hydroxylation is 1. The van der Waals surface area contributed by atoms with E-state index in [1.165, 1.54) is 0 Å². The standard InChI is InChI=1S/C14H21NO4/c1-7(2)6-11(14(17)18)15-13(16)12-9(4)8(3)10(5)19-12/h7,11H,6H2,1-5H3,(H,15,16)(H,17,18)/t11-/m1/s1. The van der Waals surface area contributed by atoms with E-state index >= 15 is 0 Å². The van der Waals surface area contributed by atoms with Crippen LogP contribution in [0, 0.1) is 26.7 Å². The van der Waals surface area contributed by atoms with Crippen molar-refractivity contribution in [3.8, 4) is 0 Å². The van der Waals surface area contributed by atoms with E-state index in [2.05, 4.69) is 5.32 Å². The second kappa shape index (κ2) is 5.91. The number of furan rings is 1. The van der Waals surface area contributed by atoms with Crippen molar-refractivity contribution in [3.05, 3.63) is 22.6 Å². The normalized spacial score (nSPS) is 12.5. The third-order valence-corrected chi connectivity index (χ3v) is 3.20. The molecule has 0 aliphatic heterocycles. The van der Waals surface area contributed by atoms with Crippen LogP contribution in [0.4, 0.5) is 0 Å². The molecule has 1 aromatic heterocycles. The summed E-state index contributed by atoms with van der Waals surface area (Å²) in [6.07, 6.45) is 0.388. The number of rotatable bonds is 5. The summed E-state index contributed by atoms with van der Waals surface area (Å²) in [6, 6.07) is -0.891. The van der Waals surface area contributed by atoms with Crippen molar-refractivity contribution >= 4 is 11.9 Å². The van der Waals surface area contributed by atoms with Crippen LogP contribution in [-0.2, 0) is 4.79 Å². The van der Waals surface area contributed by atoms with Gasteiger partial charge in [0.15, 0.2) is 5.76 Å². The number of aliphatic carboxylic acids is 1. The largest absolute Gasteiger partial charge is 0.480 e. The average Bonchev–Trinajstić information content (AvgIpc) is 2.55. The summed E-state index contributed by atoms with van der Waals surface area (Å²) in [5.74, 6) is -0.438. The molecule has 0 aliphatic carbocycles. The fraction of sp³-hybridized carbons (Fsp3) is 0.571. The van der Waals surface area contributed by atoms with E-state index in [0.29, 0.717) is 12.2 Å². The molecule has 1 rings (SSSR count). The predicted molar refractivity (Wildman–Crippen MR) is 71.3 cm³/mol. The van der Waals surface area contributed by atoms with Crippen molar-refractivity contribution in [2.24, 2.45) is 5.92 Å². The Morgan fingerprint density at radius 3 is 2.16 bits per heavy atom. The second-order valence-electron chi connectivity index (χ2n) is 5.23. The first-order valence-corrected chi connectivity index (χ1v) is 6.34. The van der Waals surface area contributed by atoms with E-state index in [1.807, 2.05) is 20.8 Å². The Morgan fingerprint density at radius 2 is 1.79 bits per heavy atom. The summed E-state index contributed by atoms with van der Waals surface area (Å²) in [5.41, 5.74) is 1.67. The molecule has 0 spiro atoms. The highest BCUT2D eigenvalue weighted by molar-refractivity contribution is 5.95. The lowest BCUT2D eigenvalue weighted by molar-refractivity contribution is -0.139. The van der Waals surface area contributed by atoms with Gasteiger partial charge in [0.2, 0.25) is 0 Å². The predicted octanol–water partition coefficient (Wildman–Crippen LogP) is 2.43. The molecule has 19 heavy (non-hydrogen) atoms. The van der Waals surface area contributed by atoms with Crippen LogP contribution in [0.2, 0.25) is 0 Å². The van der Waals surface area contributed by atoms with Crippen LogP contribution in [0.1, 0.15) is 47.7 Å². The Bertz CT molecular complexity index is 488. The van der Waals surface area contributed by atoms with Gasteiger partial charge in [-0.25, -0.2) is 4.79 Å². The van der Waals surface area contributed by atoms with Gasteiger partial charge in [-0.05, 0) is 38.7 Å². The van der Waals surface area contributed by atoms with Crippen molar-refractivity contribution < 1.29 is 19.1 Å². The van der Waals surface area contributed by atoms with E-state index in [0.717, 1.165) is 11.1 Å². The van der Waals surface area contributed by atoms with E-state index < -0.39 is 17.9 Å². The van der Waals surface area contributed by atoms with Crippen molar-refractivity contribution in [1.82, 2.24) is 5.32 Å². The molecule has 0 unspecified atom stereocenters. The highest BCUT2D eigenvalue weighted by atomic mass is 16.4. The van der Waals surface area contributed by atoms with Crippen molar-refractivity contribution in [2.75, 3.05) is 0 Å². The van der Waals surface area contributed by atoms with Gasteiger partial charge in [-0.2, -0.15) is 0 Å². The molecule has 0 bridgehead atoms. The summed E-state index contributed by atoms with van der Waals surface area (Å²) in [6.45, 7) is 9.26. The average molecular weight is 267 g/mol. The number of hydrogen-bond donors (Lipinski definition) is 2. The molecule has 2 N–H and O–H groups in total. The quantitative estimate of drug-likeness (QED) is 0.858. The molecule has 0 fully saturated rings. The molecule has 1 aromatic rings. The lowest BCUT2D eigenvalue weighted by Gasteiger charge is -2.15. The number of hydrogen-bond acceptors (Lipinski definition) is 3. The van der Waals surface area contributed by atoms with Crippen LogP contribution in [0.25, 0.3) is 0 Å². The molecule has 5 nitrogen and oxygen atoms in total. The number of nitrogens with one attached hydrogen (secondary N) is 1. The first-order valence-electron chi connectivity index (χ1n) is 6.34. The number of carboxylic acid groups (broad SMARTS) is 1. The highest BCUT2D eigenvalue weighted by Gasteiger charge is 2.25. The van der Waals surface area contributed by atoms with E-state index in [9.17, 15) is 9.59 Å². The monoisotopic (exact) mass is 267 g/mol. The Balaban J connectivity index is 2.88. The van der Waals surface area contributed by atoms with Crippen molar-refractivity contribution in [1.29, 1.82) is 0 Å². The van der Waals surface area contributed by atoms with Gasteiger partial charge in [0.1, 0.15) is 11.8 Å². The number of amides is 1. The van der Waals surface area contributed by atoms with Gasteiger partial charge in [0.05, 0.1) is 0 Å². The Kier molecular flexibility index (Phi) is 4.75. The van der Waals surface area contributed by atoms with E-state index in [4.69, 9.17) is 9.52 Å². The van der Waals surface area contributed by atoms with Crippen LogP contribution in [-0.4, -0.2) is 23.0 Å². The fourth-order valence-electron chi connectivity index (χ4n) is 1.87. The zero-order valence-electron chi connectivity index (χ0n) is 12.0. The fourth-order valence-corrected chi connectivity index (χ4v) is 1.87. The first-order chi connectivity index (χ1) is 8.73. The molecule has 1 heterocycles. The zero-order chi connectivity index (χ0) is 14.7. The third kappa shape index (κ3) is 3.59. The van der Waals surface area contributed by atoms with Gasteiger partial charge < -0.3 is 14.8 Å². The molecule has 1 atom stereocenters. The topological polar surface area (TPSA) is 79.5 Å². The molecule has 5 heteroatoms. The van der Waals surface area contributed by atoms with Crippen LogP contribution in [0.15, 0.2) is 4.42 Å². The number of carbonyl (C=O) groups excluding carboxylic acids is 1. The minimum absolute atomic E-state index is 0.183.